The Kier molecular flexibility index (Phi) is 14.9. The fourth-order valence-electron chi connectivity index (χ4n) is 4.96. The lowest BCUT2D eigenvalue weighted by Gasteiger charge is -2.18. The van der Waals surface area contributed by atoms with E-state index in [-0.39, 0.29) is 24.7 Å². The molecule has 294 valence electrons. The van der Waals surface area contributed by atoms with E-state index in [1.165, 1.54) is 24.3 Å². The first-order chi connectivity index (χ1) is 28.1. The Balaban J connectivity index is 1.05. The highest BCUT2D eigenvalue weighted by Gasteiger charge is 2.12. The molecule has 0 aliphatic heterocycles. The van der Waals surface area contributed by atoms with Crippen LogP contribution in [0.5, 0.6) is 11.5 Å². The molecule has 0 spiro atoms. The minimum absolute atomic E-state index is 0.240. The molecule has 14 nitrogen and oxygen atoms in total. The molecule has 0 aliphatic carbocycles. The van der Waals surface area contributed by atoms with Gasteiger partial charge in [0.15, 0.2) is 0 Å². The number of azo groups is 2. The largest absolute Gasteiger partial charge is 0.461 e. The van der Waals surface area contributed by atoms with E-state index in [1.54, 1.807) is 48.5 Å². The van der Waals surface area contributed by atoms with Gasteiger partial charge in [-0.1, -0.05) is 13.2 Å². The summed E-state index contributed by atoms with van der Waals surface area (Å²) in [5, 5.41) is 17.0. The quantitative estimate of drug-likeness (QED) is 0.0363. The molecule has 0 heterocycles. The van der Waals surface area contributed by atoms with Crippen molar-refractivity contribution in [1.29, 1.82) is 0 Å². The highest BCUT2D eigenvalue weighted by Crippen LogP contribution is 2.25. The summed E-state index contributed by atoms with van der Waals surface area (Å²) in [5.41, 5.74) is 4.82. The highest BCUT2D eigenvalue weighted by atomic mass is 16.5. The molecule has 0 aromatic heterocycles. The number of benzene rings is 5. The van der Waals surface area contributed by atoms with Crippen LogP contribution >= 0.6 is 0 Å². The number of anilines is 2. The fraction of sp³-hybridized carbons (Fsp3) is 0.136. The molecule has 0 saturated heterocycles. The first-order valence-corrected chi connectivity index (χ1v) is 17.9. The van der Waals surface area contributed by atoms with Crippen LogP contribution in [0.15, 0.2) is 167 Å². The van der Waals surface area contributed by atoms with Crippen molar-refractivity contribution in [2.24, 2.45) is 20.5 Å². The summed E-state index contributed by atoms with van der Waals surface area (Å²) in [6, 6.07) is 33.9. The lowest BCUT2D eigenvalue weighted by atomic mass is 10.2. The topological polar surface area (TPSA) is 161 Å². The Morgan fingerprint density at radius 3 is 1.07 bits per heavy atom. The maximum atomic E-state index is 12.8. The van der Waals surface area contributed by atoms with Crippen LogP contribution in [0.2, 0.25) is 0 Å². The number of nitrogens with zero attached hydrogens (tertiary/aromatic N) is 6. The first-order valence-electron chi connectivity index (χ1n) is 17.9. The smallest absolute Gasteiger partial charge is 0.343 e. The molecule has 0 amide bonds. The van der Waals surface area contributed by atoms with Gasteiger partial charge in [0.05, 0.1) is 47.0 Å². The van der Waals surface area contributed by atoms with Crippen molar-refractivity contribution in [3.05, 3.63) is 158 Å². The average Bonchev–Trinajstić information content (AvgIpc) is 3.26. The van der Waals surface area contributed by atoms with Gasteiger partial charge in [0.25, 0.3) is 0 Å². The van der Waals surface area contributed by atoms with Crippen molar-refractivity contribution < 1.29 is 38.1 Å². The van der Waals surface area contributed by atoms with E-state index < -0.39 is 23.9 Å². The second kappa shape index (κ2) is 20.8. The molecule has 0 N–H and O–H groups in total. The third kappa shape index (κ3) is 12.7. The first kappa shape index (κ1) is 41.4. The molecule has 0 bridgehead atoms. The van der Waals surface area contributed by atoms with Crippen molar-refractivity contribution in [1.82, 2.24) is 0 Å². The van der Waals surface area contributed by atoms with E-state index >= 15 is 0 Å². The van der Waals surface area contributed by atoms with Crippen LogP contribution in [0, 0.1) is 0 Å². The molecular weight excluding hydrogens is 741 g/mol. The number of carbonyl (C=O) groups excluding carboxylic acids is 4. The molecular formula is C44H40N6O8. The fourth-order valence-corrected chi connectivity index (χ4v) is 4.96. The molecule has 0 atom stereocenters. The number of hydrogen-bond donors (Lipinski definition) is 0. The monoisotopic (exact) mass is 780 g/mol. The summed E-state index contributed by atoms with van der Waals surface area (Å²) in [5.74, 6) is -1.53. The molecule has 5 aromatic carbocycles. The van der Waals surface area contributed by atoms with E-state index in [0.717, 1.165) is 23.5 Å². The summed E-state index contributed by atoms with van der Waals surface area (Å²) in [6.45, 7) is 8.27. The van der Waals surface area contributed by atoms with Crippen molar-refractivity contribution in [3.8, 4) is 11.5 Å². The van der Waals surface area contributed by atoms with Crippen molar-refractivity contribution in [2.45, 2.75) is 0 Å². The van der Waals surface area contributed by atoms with Gasteiger partial charge < -0.3 is 28.7 Å². The van der Waals surface area contributed by atoms with Gasteiger partial charge in [-0.15, -0.1) is 0 Å². The maximum absolute atomic E-state index is 12.8. The molecule has 5 aromatic rings. The molecule has 0 unspecified atom stereocenters. The number of rotatable bonds is 18. The summed E-state index contributed by atoms with van der Waals surface area (Å²) in [6.07, 6.45) is 2.26. The van der Waals surface area contributed by atoms with E-state index in [0.29, 0.717) is 47.0 Å². The Labute approximate surface area is 335 Å². The molecule has 14 heteroatoms. The number of esters is 4. The lowest BCUT2D eigenvalue weighted by molar-refractivity contribution is -0.138. The van der Waals surface area contributed by atoms with Crippen molar-refractivity contribution in [3.63, 3.8) is 0 Å². The minimum atomic E-state index is -0.574. The number of carbonyl (C=O) groups is 4. The standard InChI is InChI=1S/C44H40N6O8/c1-5-41(51)55-29-27-49(3)37-19-15-35(16-20-37)47-45-33-11-7-31(8-12-33)43(53)57-39-23-25-40(26-24-39)58-44(54)32-9-13-34(14-10-32)46-48-36-17-21-38(22-18-36)50(4)28-30-56-42(52)6-2/h5-26H,1-2,27-30H2,3-4H3/b47-45+,48-46+. The van der Waals surface area contributed by atoms with Gasteiger partial charge in [-0.25, -0.2) is 19.2 Å². The molecule has 0 fully saturated rings. The van der Waals surface area contributed by atoms with E-state index in [4.69, 9.17) is 18.9 Å². The Hall–Kier alpha value is -7.74. The summed E-state index contributed by atoms with van der Waals surface area (Å²) < 4.78 is 21.0. The normalized spacial score (nSPS) is 10.8. The van der Waals surface area contributed by atoms with Gasteiger partial charge in [-0.2, -0.15) is 20.5 Å². The molecule has 0 aliphatic rings. The van der Waals surface area contributed by atoms with E-state index in [9.17, 15) is 19.2 Å². The summed E-state index contributed by atoms with van der Waals surface area (Å²) >= 11 is 0. The number of hydrogen-bond acceptors (Lipinski definition) is 14. The van der Waals surface area contributed by atoms with Crippen LogP contribution in [0.3, 0.4) is 0 Å². The predicted molar refractivity (Wildman–Crippen MR) is 219 cm³/mol. The maximum Gasteiger partial charge on any atom is 0.343 e. The number of ether oxygens (including phenoxy) is 4. The zero-order chi connectivity index (χ0) is 41.3. The zero-order valence-corrected chi connectivity index (χ0v) is 31.9. The molecule has 0 radical (unpaired) electrons. The predicted octanol–water partition coefficient (Wildman–Crippen LogP) is 9.29. The van der Waals surface area contributed by atoms with Gasteiger partial charge >= 0.3 is 23.9 Å². The third-order valence-electron chi connectivity index (χ3n) is 8.27. The van der Waals surface area contributed by atoms with Crippen LogP contribution in [-0.4, -0.2) is 64.3 Å². The van der Waals surface area contributed by atoms with Crippen molar-refractivity contribution >= 4 is 58.0 Å². The van der Waals surface area contributed by atoms with Gasteiger partial charge in [0.1, 0.15) is 24.7 Å². The van der Waals surface area contributed by atoms with Gasteiger partial charge in [-0.05, 0) is 121 Å². The average molecular weight is 781 g/mol. The molecule has 0 saturated carbocycles. The van der Waals surface area contributed by atoms with Crippen LogP contribution in [-0.2, 0) is 19.1 Å². The summed E-state index contributed by atoms with van der Waals surface area (Å²) in [7, 11) is 3.77. The minimum Gasteiger partial charge on any atom is -0.461 e. The van der Waals surface area contributed by atoms with Gasteiger partial charge in [0.2, 0.25) is 0 Å². The number of likely N-dealkylation sites (N-methyl/N-ethyl adjacent to an activating group) is 2. The Morgan fingerprint density at radius 2 is 0.776 bits per heavy atom. The van der Waals surface area contributed by atoms with Gasteiger partial charge in [-0.3, -0.25) is 0 Å². The van der Waals surface area contributed by atoms with E-state index in [2.05, 4.69) is 33.6 Å². The Morgan fingerprint density at radius 1 is 0.483 bits per heavy atom. The second-order valence-electron chi connectivity index (χ2n) is 12.4. The second-order valence-corrected chi connectivity index (χ2v) is 12.4. The van der Waals surface area contributed by atoms with Crippen LogP contribution in [0.1, 0.15) is 20.7 Å². The van der Waals surface area contributed by atoms with Crippen molar-refractivity contribution in [2.75, 3.05) is 50.2 Å². The zero-order valence-electron chi connectivity index (χ0n) is 31.9. The molecule has 58 heavy (non-hydrogen) atoms. The van der Waals surface area contributed by atoms with Crippen LogP contribution < -0.4 is 19.3 Å². The van der Waals surface area contributed by atoms with E-state index in [1.807, 2.05) is 72.4 Å². The van der Waals surface area contributed by atoms with Crippen LogP contribution in [0.25, 0.3) is 0 Å². The third-order valence-corrected chi connectivity index (χ3v) is 8.27. The summed E-state index contributed by atoms with van der Waals surface area (Å²) in [4.78, 5) is 51.9. The SMILES string of the molecule is C=CC(=O)OCCN(C)c1ccc(/N=N/c2ccc(C(=O)Oc3ccc(OC(=O)c4ccc(/N=N/c5ccc(N(C)CCOC(=O)C=C)cc5)cc4)cc3)cc2)cc1. The lowest BCUT2D eigenvalue weighted by Crippen LogP contribution is -2.23. The molecule has 5 rings (SSSR count). The van der Waals surface area contributed by atoms with Gasteiger partial charge in [0, 0.05) is 37.6 Å². The highest BCUT2D eigenvalue weighted by molar-refractivity contribution is 5.92. The van der Waals surface area contributed by atoms with Crippen LogP contribution in [0.4, 0.5) is 34.1 Å². The Bertz CT molecular complexity index is 2090.